The molecule has 15 heteroatoms. The first kappa shape index (κ1) is 36.7. The summed E-state index contributed by atoms with van der Waals surface area (Å²) in [6, 6.07) is 13.4. The maximum Gasteiger partial charge on any atom is 0.407 e. The van der Waals surface area contributed by atoms with Gasteiger partial charge in [0.15, 0.2) is 5.82 Å². The number of nitrogens with two attached hydrogens (primary N) is 1. The molecule has 5 N–H and O–H groups in total. The SMILES string of the molecule is CC(=O)Nc1ncc(-c2cccc(C[C@H](N)C(=O)N(c3ccc(-c4nnn[nH]4)cc3)C(=O)[C@H]3CC[C@H](CNC(=O)OC(C)(C)C)CC3)c2)c(C)n1. The van der Waals surface area contributed by atoms with Gasteiger partial charge in [-0.1, -0.05) is 24.3 Å². The van der Waals surface area contributed by atoms with Gasteiger partial charge < -0.3 is 15.8 Å². The molecule has 1 fully saturated rings. The molecule has 5 rings (SSSR count). The van der Waals surface area contributed by atoms with Crippen LogP contribution in [-0.2, 0) is 25.5 Å². The summed E-state index contributed by atoms with van der Waals surface area (Å²) in [6.07, 6.45) is 3.88. The van der Waals surface area contributed by atoms with E-state index in [1.54, 1.807) is 30.5 Å². The van der Waals surface area contributed by atoms with E-state index in [0.29, 0.717) is 55.0 Å². The van der Waals surface area contributed by atoms with Crippen molar-refractivity contribution in [2.45, 2.75) is 78.4 Å². The molecular formula is C36H44N10O5. The Balaban J connectivity index is 1.31. The van der Waals surface area contributed by atoms with Gasteiger partial charge in [0.1, 0.15) is 5.60 Å². The van der Waals surface area contributed by atoms with Gasteiger partial charge in [-0.3, -0.25) is 19.7 Å². The number of hydrogen-bond acceptors (Lipinski definition) is 11. The standard InChI is InChI=1S/C36H44N10O5/c1-21-29(20-38-34(40-21)41-22(2)47)27-8-6-7-24(17-27)18-30(37)33(49)46(28-15-13-25(14-16-28)31-42-44-45-43-31)32(48)26-11-9-23(10-12-26)19-39-35(50)51-36(3,4)5/h6-8,13-17,20,23,26,30H,9-12,18-19,37H2,1-5H3,(H,39,50)(H,38,40,41,47)(H,42,43,44,45)/t23-,26-,30-/m0/s1. The van der Waals surface area contributed by atoms with Crippen LogP contribution in [0.4, 0.5) is 16.4 Å². The molecule has 1 aliphatic rings. The molecule has 4 aromatic rings. The first-order valence-electron chi connectivity index (χ1n) is 16.9. The van der Waals surface area contributed by atoms with Crippen LogP contribution in [0, 0.1) is 18.8 Å². The molecule has 15 nitrogen and oxygen atoms in total. The van der Waals surface area contributed by atoms with Crippen LogP contribution in [0.15, 0.2) is 54.7 Å². The minimum absolute atomic E-state index is 0.172. The van der Waals surface area contributed by atoms with Crippen LogP contribution in [0.25, 0.3) is 22.5 Å². The molecule has 268 valence electrons. The number of aryl methyl sites for hydroxylation is 1. The fourth-order valence-electron chi connectivity index (χ4n) is 6.09. The lowest BCUT2D eigenvalue weighted by molar-refractivity contribution is -0.130. The summed E-state index contributed by atoms with van der Waals surface area (Å²) in [4.78, 5) is 61.8. The zero-order valence-corrected chi connectivity index (χ0v) is 29.5. The van der Waals surface area contributed by atoms with Crippen LogP contribution in [-0.4, -0.2) is 72.6 Å². The van der Waals surface area contributed by atoms with Gasteiger partial charge >= 0.3 is 6.09 Å². The third-order valence-corrected chi connectivity index (χ3v) is 8.59. The Bertz CT molecular complexity index is 1850. The average molecular weight is 697 g/mol. The number of carbonyl (C=O) groups excluding carboxylic acids is 4. The van der Waals surface area contributed by atoms with Crippen molar-refractivity contribution in [2.75, 3.05) is 16.8 Å². The smallest absolute Gasteiger partial charge is 0.407 e. The summed E-state index contributed by atoms with van der Waals surface area (Å²) in [7, 11) is 0. The van der Waals surface area contributed by atoms with Crippen LogP contribution in [0.1, 0.15) is 64.6 Å². The monoisotopic (exact) mass is 696 g/mol. The van der Waals surface area contributed by atoms with Crippen molar-refractivity contribution in [1.29, 1.82) is 0 Å². The Morgan fingerprint density at radius 2 is 1.76 bits per heavy atom. The quantitative estimate of drug-likeness (QED) is 0.183. The highest BCUT2D eigenvalue weighted by molar-refractivity contribution is 6.17. The first-order valence-corrected chi connectivity index (χ1v) is 16.9. The maximum absolute atomic E-state index is 14.2. The second kappa shape index (κ2) is 16.0. The van der Waals surface area contributed by atoms with Crippen LogP contribution in [0.2, 0.25) is 0 Å². The number of hydrogen-bond donors (Lipinski definition) is 4. The summed E-state index contributed by atoms with van der Waals surface area (Å²) in [5, 5.41) is 19.3. The molecule has 0 saturated heterocycles. The van der Waals surface area contributed by atoms with Crippen LogP contribution in [0.3, 0.4) is 0 Å². The molecule has 2 aromatic carbocycles. The number of alkyl carbamates (subject to hydrolysis) is 1. The molecule has 1 saturated carbocycles. The number of nitrogens with zero attached hydrogens (tertiary/aromatic N) is 6. The molecule has 51 heavy (non-hydrogen) atoms. The van der Waals surface area contributed by atoms with E-state index in [-0.39, 0.29) is 30.1 Å². The summed E-state index contributed by atoms with van der Waals surface area (Å²) < 4.78 is 5.35. The number of amides is 4. The van der Waals surface area contributed by atoms with E-state index in [4.69, 9.17) is 10.5 Å². The molecule has 1 atom stereocenters. The molecule has 2 heterocycles. The predicted molar refractivity (Wildman–Crippen MR) is 190 cm³/mol. The average Bonchev–Trinajstić information content (AvgIpc) is 3.62. The number of imide groups is 1. The van der Waals surface area contributed by atoms with E-state index in [9.17, 15) is 19.2 Å². The molecular weight excluding hydrogens is 652 g/mol. The van der Waals surface area contributed by atoms with Crippen LogP contribution in [0.5, 0.6) is 0 Å². The van der Waals surface area contributed by atoms with Gasteiger partial charge in [0, 0.05) is 36.7 Å². The number of anilines is 2. The van der Waals surface area contributed by atoms with Gasteiger partial charge in [0.05, 0.1) is 17.4 Å². The summed E-state index contributed by atoms with van der Waals surface area (Å²) in [6.45, 7) is 9.09. The van der Waals surface area contributed by atoms with Crippen LogP contribution < -0.4 is 21.3 Å². The molecule has 0 unspecified atom stereocenters. The van der Waals surface area contributed by atoms with E-state index in [1.807, 2.05) is 52.0 Å². The van der Waals surface area contributed by atoms with E-state index >= 15 is 0 Å². The molecule has 0 aliphatic heterocycles. The number of aromatic nitrogens is 6. The van der Waals surface area contributed by atoms with Gasteiger partial charge in [0.2, 0.25) is 17.8 Å². The zero-order valence-electron chi connectivity index (χ0n) is 29.5. The van der Waals surface area contributed by atoms with Crippen molar-refractivity contribution < 1.29 is 23.9 Å². The van der Waals surface area contributed by atoms with Crippen molar-refractivity contribution >= 4 is 35.5 Å². The lowest BCUT2D eigenvalue weighted by Gasteiger charge is -2.32. The van der Waals surface area contributed by atoms with Gasteiger partial charge in [-0.15, -0.1) is 5.10 Å². The Morgan fingerprint density at radius 1 is 1.04 bits per heavy atom. The number of H-pyrrole nitrogens is 1. The van der Waals surface area contributed by atoms with Crippen molar-refractivity contribution in [3.8, 4) is 22.5 Å². The number of tetrazole rings is 1. The number of benzene rings is 2. The van der Waals surface area contributed by atoms with Gasteiger partial charge in [0.25, 0.3) is 5.91 Å². The molecule has 2 aromatic heterocycles. The minimum Gasteiger partial charge on any atom is -0.444 e. The lowest BCUT2D eigenvalue weighted by Crippen LogP contribution is -2.50. The molecule has 4 amide bonds. The number of ether oxygens (including phenoxy) is 1. The number of nitrogens with one attached hydrogen (secondary N) is 3. The largest absolute Gasteiger partial charge is 0.444 e. The Hall–Kier alpha value is -5.57. The highest BCUT2D eigenvalue weighted by atomic mass is 16.6. The second-order valence-electron chi connectivity index (χ2n) is 13.8. The normalized spacial score (nSPS) is 16.5. The van der Waals surface area contributed by atoms with Crippen molar-refractivity contribution in [2.24, 2.45) is 17.6 Å². The Kier molecular flexibility index (Phi) is 11.5. The topological polar surface area (TPSA) is 211 Å². The van der Waals surface area contributed by atoms with E-state index in [2.05, 4.69) is 41.2 Å². The Labute approximate surface area is 296 Å². The van der Waals surface area contributed by atoms with Crippen molar-refractivity contribution in [3.63, 3.8) is 0 Å². The first-order chi connectivity index (χ1) is 24.3. The van der Waals surface area contributed by atoms with Gasteiger partial charge in [-0.25, -0.2) is 24.8 Å². The van der Waals surface area contributed by atoms with E-state index in [0.717, 1.165) is 16.7 Å². The molecule has 0 bridgehead atoms. The van der Waals surface area contributed by atoms with Gasteiger partial charge in [-0.2, -0.15) is 0 Å². The minimum atomic E-state index is -1.03. The fraction of sp³-hybridized carbons (Fsp3) is 0.417. The third-order valence-electron chi connectivity index (χ3n) is 8.59. The zero-order chi connectivity index (χ0) is 36.7. The molecule has 1 aliphatic carbocycles. The van der Waals surface area contributed by atoms with E-state index in [1.165, 1.54) is 11.8 Å². The number of aromatic amines is 1. The summed E-state index contributed by atoms with van der Waals surface area (Å²) in [5.41, 5.74) is 10.1. The molecule has 0 radical (unpaired) electrons. The number of carbonyl (C=O) groups is 4. The lowest BCUT2D eigenvalue weighted by atomic mass is 9.81. The van der Waals surface area contributed by atoms with Crippen molar-refractivity contribution in [3.05, 3.63) is 66.0 Å². The third kappa shape index (κ3) is 9.78. The highest BCUT2D eigenvalue weighted by Gasteiger charge is 2.35. The second-order valence-corrected chi connectivity index (χ2v) is 13.8. The summed E-state index contributed by atoms with van der Waals surface area (Å²) >= 11 is 0. The maximum atomic E-state index is 14.2. The predicted octanol–water partition coefficient (Wildman–Crippen LogP) is 4.35. The molecule has 0 spiro atoms. The van der Waals surface area contributed by atoms with E-state index < -0.39 is 29.6 Å². The fourth-order valence-corrected chi connectivity index (χ4v) is 6.09. The Morgan fingerprint density at radius 3 is 2.39 bits per heavy atom. The highest BCUT2D eigenvalue weighted by Crippen LogP contribution is 2.32. The van der Waals surface area contributed by atoms with Crippen LogP contribution >= 0.6 is 0 Å². The number of rotatable bonds is 10. The van der Waals surface area contributed by atoms with Gasteiger partial charge in [-0.05, 0) is 112 Å². The van der Waals surface area contributed by atoms with Crippen molar-refractivity contribution in [1.82, 2.24) is 35.9 Å². The summed E-state index contributed by atoms with van der Waals surface area (Å²) in [5.74, 6) is -0.649.